The molecule has 2 heteroatoms. The second kappa shape index (κ2) is 1.32. The third kappa shape index (κ3) is 0.578. The van der Waals surface area contributed by atoms with Crippen LogP contribution in [0.5, 0.6) is 0 Å². The molecule has 1 spiro atoms. The van der Waals surface area contributed by atoms with E-state index >= 15 is 0 Å². The molecule has 0 aromatic rings. The van der Waals surface area contributed by atoms with Crippen LogP contribution in [-0.2, 0) is 9.47 Å². The Morgan fingerprint density at radius 1 is 1.11 bits per heavy atom. The van der Waals surface area contributed by atoms with Crippen LogP contribution >= 0.6 is 0 Å². The van der Waals surface area contributed by atoms with Crippen LogP contribution in [0.2, 0.25) is 0 Å². The molecule has 9 heavy (non-hydrogen) atoms. The summed E-state index contributed by atoms with van der Waals surface area (Å²) in [5.74, 6) is -0.160. The molecule has 0 radical (unpaired) electrons. The molecule has 1 saturated heterocycles. The average Bonchev–Trinajstić information content (AvgIpc) is 2.27. The molecule has 2 fully saturated rings. The fourth-order valence-corrected chi connectivity index (χ4v) is 1.49. The summed E-state index contributed by atoms with van der Waals surface area (Å²) in [7, 11) is 0. The lowest BCUT2D eigenvalue weighted by Crippen LogP contribution is -2.16. The van der Waals surface area contributed by atoms with Gasteiger partial charge < -0.3 is 9.47 Å². The van der Waals surface area contributed by atoms with Crippen LogP contribution in [0, 0.1) is 5.41 Å². The summed E-state index contributed by atoms with van der Waals surface area (Å²) in [6.45, 7) is 5.92. The van der Waals surface area contributed by atoms with Crippen molar-refractivity contribution in [2.24, 2.45) is 5.41 Å². The number of rotatable bonds is 0. The smallest absolute Gasteiger partial charge is 0.174 e. The zero-order valence-electron chi connectivity index (χ0n) is 5.94. The SMILES string of the molecule is CC1(C)CC12OCCO2. The summed E-state index contributed by atoms with van der Waals surface area (Å²) in [4.78, 5) is 0. The molecular weight excluding hydrogens is 116 g/mol. The first kappa shape index (κ1) is 5.69. The van der Waals surface area contributed by atoms with Crippen molar-refractivity contribution in [3.8, 4) is 0 Å². The van der Waals surface area contributed by atoms with E-state index in [1.54, 1.807) is 0 Å². The van der Waals surface area contributed by atoms with E-state index in [2.05, 4.69) is 13.8 Å². The van der Waals surface area contributed by atoms with Crippen LogP contribution in [0.4, 0.5) is 0 Å². The van der Waals surface area contributed by atoms with Crippen molar-refractivity contribution in [3.05, 3.63) is 0 Å². The molecular formula is C7H12O2. The first-order valence-electron chi connectivity index (χ1n) is 3.44. The van der Waals surface area contributed by atoms with Crippen LogP contribution in [0.3, 0.4) is 0 Å². The molecule has 2 nitrogen and oxygen atoms in total. The molecule has 1 saturated carbocycles. The number of hydrogen-bond acceptors (Lipinski definition) is 2. The first-order chi connectivity index (χ1) is 4.16. The monoisotopic (exact) mass is 128 g/mol. The van der Waals surface area contributed by atoms with Gasteiger partial charge in [0.05, 0.1) is 13.2 Å². The summed E-state index contributed by atoms with van der Waals surface area (Å²) in [6.07, 6.45) is 1.07. The topological polar surface area (TPSA) is 18.5 Å². The fourth-order valence-electron chi connectivity index (χ4n) is 1.49. The molecule has 0 N–H and O–H groups in total. The highest BCUT2D eigenvalue weighted by molar-refractivity contribution is 5.07. The van der Waals surface area contributed by atoms with Crippen molar-refractivity contribution in [3.63, 3.8) is 0 Å². The Kier molecular flexibility index (Phi) is 0.837. The van der Waals surface area contributed by atoms with Gasteiger partial charge in [-0.15, -0.1) is 0 Å². The van der Waals surface area contributed by atoms with Gasteiger partial charge in [0.2, 0.25) is 0 Å². The van der Waals surface area contributed by atoms with E-state index in [1.807, 2.05) is 0 Å². The Labute approximate surface area is 55.1 Å². The van der Waals surface area contributed by atoms with Gasteiger partial charge in [-0.3, -0.25) is 0 Å². The molecule has 1 heterocycles. The molecule has 0 amide bonds. The van der Waals surface area contributed by atoms with Gasteiger partial charge in [-0.05, 0) is 0 Å². The molecule has 0 aromatic carbocycles. The highest BCUT2D eigenvalue weighted by Crippen LogP contribution is 2.60. The lowest BCUT2D eigenvalue weighted by Gasteiger charge is -2.10. The Morgan fingerprint density at radius 3 is 1.78 bits per heavy atom. The largest absolute Gasteiger partial charge is 0.347 e. The quantitative estimate of drug-likeness (QED) is 0.487. The van der Waals surface area contributed by atoms with Crippen molar-refractivity contribution in [2.75, 3.05) is 13.2 Å². The summed E-state index contributed by atoms with van der Waals surface area (Å²) in [5, 5.41) is 0. The second-order valence-electron chi connectivity index (χ2n) is 3.51. The zero-order valence-corrected chi connectivity index (χ0v) is 5.94. The molecule has 52 valence electrons. The van der Waals surface area contributed by atoms with Gasteiger partial charge >= 0.3 is 0 Å². The van der Waals surface area contributed by atoms with Gasteiger partial charge in [0.15, 0.2) is 5.79 Å². The third-order valence-electron chi connectivity index (χ3n) is 2.33. The van der Waals surface area contributed by atoms with Gasteiger partial charge in [-0.2, -0.15) is 0 Å². The van der Waals surface area contributed by atoms with E-state index in [0.29, 0.717) is 0 Å². The standard InChI is InChI=1S/C7H12O2/c1-6(2)5-7(6)8-3-4-9-7/h3-5H2,1-2H3. The number of hydrogen-bond donors (Lipinski definition) is 0. The van der Waals surface area contributed by atoms with Crippen LogP contribution in [-0.4, -0.2) is 19.0 Å². The maximum Gasteiger partial charge on any atom is 0.174 e. The van der Waals surface area contributed by atoms with E-state index in [-0.39, 0.29) is 11.2 Å². The van der Waals surface area contributed by atoms with Crippen molar-refractivity contribution in [2.45, 2.75) is 26.1 Å². The molecule has 2 aliphatic rings. The molecule has 0 bridgehead atoms. The molecule has 2 rings (SSSR count). The van der Waals surface area contributed by atoms with Crippen molar-refractivity contribution >= 4 is 0 Å². The first-order valence-corrected chi connectivity index (χ1v) is 3.44. The highest BCUT2D eigenvalue weighted by Gasteiger charge is 2.66. The summed E-state index contributed by atoms with van der Waals surface area (Å²) >= 11 is 0. The Hall–Kier alpha value is -0.0800. The van der Waals surface area contributed by atoms with Gasteiger partial charge in [0.25, 0.3) is 0 Å². The number of ether oxygens (including phenoxy) is 2. The predicted molar refractivity (Wildman–Crippen MR) is 33.0 cm³/mol. The minimum atomic E-state index is -0.160. The lowest BCUT2D eigenvalue weighted by molar-refractivity contribution is -0.0961. The van der Waals surface area contributed by atoms with Crippen LogP contribution in [0.25, 0.3) is 0 Å². The van der Waals surface area contributed by atoms with E-state index < -0.39 is 0 Å². The van der Waals surface area contributed by atoms with E-state index in [0.717, 1.165) is 19.6 Å². The van der Waals surface area contributed by atoms with Crippen molar-refractivity contribution in [1.29, 1.82) is 0 Å². The Bertz CT molecular complexity index is 128. The minimum Gasteiger partial charge on any atom is -0.347 e. The van der Waals surface area contributed by atoms with Crippen molar-refractivity contribution in [1.82, 2.24) is 0 Å². The Morgan fingerprint density at radius 2 is 1.56 bits per heavy atom. The van der Waals surface area contributed by atoms with Gasteiger partial charge in [-0.25, -0.2) is 0 Å². The summed E-state index contributed by atoms with van der Waals surface area (Å²) in [5.41, 5.74) is 0.281. The third-order valence-corrected chi connectivity index (χ3v) is 2.33. The summed E-state index contributed by atoms with van der Waals surface area (Å²) in [6, 6.07) is 0. The Balaban J connectivity index is 2.13. The molecule has 0 aromatic heterocycles. The van der Waals surface area contributed by atoms with Crippen molar-refractivity contribution < 1.29 is 9.47 Å². The lowest BCUT2D eigenvalue weighted by atomic mass is 10.2. The second-order valence-corrected chi connectivity index (χ2v) is 3.51. The predicted octanol–water partition coefficient (Wildman–Crippen LogP) is 1.16. The van der Waals surface area contributed by atoms with Crippen LogP contribution < -0.4 is 0 Å². The maximum absolute atomic E-state index is 5.44. The maximum atomic E-state index is 5.44. The van der Waals surface area contributed by atoms with Crippen LogP contribution in [0.15, 0.2) is 0 Å². The van der Waals surface area contributed by atoms with Crippen LogP contribution in [0.1, 0.15) is 20.3 Å². The minimum absolute atomic E-state index is 0.160. The molecule has 1 aliphatic carbocycles. The van der Waals surface area contributed by atoms with E-state index in [9.17, 15) is 0 Å². The van der Waals surface area contributed by atoms with E-state index in [4.69, 9.17) is 9.47 Å². The zero-order chi connectivity index (χ0) is 6.54. The molecule has 1 aliphatic heterocycles. The van der Waals surface area contributed by atoms with Gasteiger partial charge in [0.1, 0.15) is 0 Å². The van der Waals surface area contributed by atoms with E-state index in [1.165, 1.54) is 0 Å². The molecule has 0 atom stereocenters. The summed E-state index contributed by atoms with van der Waals surface area (Å²) < 4.78 is 10.9. The highest BCUT2D eigenvalue weighted by atomic mass is 16.7. The normalized spacial score (nSPS) is 35.3. The fraction of sp³-hybridized carbons (Fsp3) is 1.00. The molecule has 0 unspecified atom stereocenters. The van der Waals surface area contributed by atoms with Gasteiger partial charge in [-0.1, -0.05) is 13.8 Å². The average molecular weight is 128 g/mol. The van der Waals surface area contributed by atoms with Gasteiger partial charge in [0, 0.05) is 11.8 Å².